The number of nitrogens with one attached hydrogen (secondary N) is 1. The monoisotopic (exact) mass is 307 g/mol. The molecule has 0 spiro atoms. The lowest BCUT2D eigenvalue weighted by atomic mass is 10.1. The number of aryl methyl sites for hydroxylation is 2. The van der Waals surface area contributed by atoms with Gasteiger partial charge in [0, 0.05) is 22.2 Å². The summed E-state index contributed by atoms with van der Waals surface area (Å²) in [5, 5.41) is 4.20. The SMILES string of the molecule is Cc1ccc(NC(=O)CCc2ccc(Cl)cc2)cc1Cl. The highest BCUT2D eigenvalue weighted by Gasteiger charge is 2.04. The normalized spacial score (nSPS) is 10.3. The number of carbonyl (C=O) groups is 1. The van der Waals surface area contributed by atoms with Gasteiger partial charge in [-0.2, -0.15) is 0 Å². The molecule has 0 bridgehead atoms. The van der Waals surface area contributed by atoms with E-state index in [0.29, 0.717) is 22.9 Å². The number of anilines is 1. The van der Waals surface area contributed by atoms with Crippen LogP contribution in [-0.4, -0.2) is 5.91 Å². The molecule has 0 heterocycles. The van der Waals surface area contributed by atoms with Crippen LogP contribution in [0.2, 0.25) is 10.0 Å². The first kappa shape index (κ1) is 14.9. The van der Waals surface area contributed by atoms with E-state index in [2.05, 4.69) is 5.32 Å². The van der Waals surface area contributed by atoms with Crippen molar-refractivity contribution in [1.82, 2.24) is 0 Å². The van der Waals surface area contributed by atoms with Gasteiger partial charge in [-0.15, -0.1) is 0 Å². The van der Waals surface area contributed by atoms with Crippen molar-refractivity contribution in [3.63, 3.8) is 0 Å². The fourth-order valence-corrected chi connectivity index (χ4v) is 2.11. The summed E-state index contributed by atoms with van der Waals surface area (Å²) >= 11 is 11.8. The summed E-state index contributed by atoms with van der Waals surface area (Å²) in [7, 11) is 0. The van der Waals surface area contributed by atoms with Gasteiger partial charge in [0.05, 0.1) is 0 Å². The molecule has 0 saturated carbocycles. The quantitative estimate of drug-likeness (QED) is 0.857. The van der Waals surface area contributed by atoms with Gasteiger partial charge in [0.15, 0.2) is 0 Å². The first-order valence-corrected chi connectivity index (χ1v) is 7.10. The molecule has 2 aromatic rings. The van der Waals surface area contributed by atoms with Gasteiger partial charge in [-0.3, -0.25) is 4.79 Å². The average Bonchev–Trinajstić information content (AvgIpc) is 2.42. The first-order chi connectivity index (χ1) is 9.54. The molecule has 104 valence electrons. The van der Waals surface area contributed by atoms with E-state index in [1.54, 1.807) is 6.07 Å². The summed E-state index contributed by atoms with van der Waals surface area (Å²) in [6, 6.07) is 13.0. The highest BCUT2D eigenvalue weighted by Crippen LogP contribution is 2.20. The largest absolute Gasteiger partial charge is 0.326 e. The number of halogens is 2. The van der Waals surface area contributed by atoms with E-state index in [1.165, 1.54) is 0 Å². The molecule has 20 heavy (non-hydrogen) atoms. The molecule has 2 rings (SSSR count). The zero-order chi connectivity index (χ0) is 14.5. The third kappa shape index (κ3) is 4.26. The van der Waals surface area contributed by atoms with Crippen molar-refractivity contribution in [1.29, 1.82) is 0 Å². The predicted octanol–water partition coefficient (Wildman–Crippen LogP) is 4.87. The lowest BCUT2D eigenvalue weighted by molar-refractivity contribution is -0.116. The zero-order valence-corrected chi connectivity index (χ0v) is 12.6. The van der Waals surface area contributed by atoms with Gasteiger partial charge >= 0.3 is 0 Å². The fourth-order valence-electron chi connectivity index (χ4n) is 1.80. The second-order valence-corrected chi connectivity index (χ2v) is 5.48. The summed E-state index contributed by atoms with van der Waals surface area (Å²) in [6.07, 6.45) is 1.11. The van der Waals surface area contributed by atoms with E-state index in [-0.39, 0.29) is 5.91 Å². The van der Waals surface area contributed by atoms with Gasteiger partial charge < -0.3 is 5.32 Å². The summed E-state index contributed by atoms with van der Waals surface area (Å²) in [5.74, 6) is -0.0279. The van der Waals surface area contributed by atoms with Gasteiger partial charge in [-0.1, -0.05) is 41.4 Å². The lowest BCUT2D eigenvalue weighted by Gasteiger charge is -2.07. The van der Waals surface area contributed by atoms with Crippen molar-refractivity contribution in [2.45, 2.75) is 19.8 Å². The Bertz CT molecular complexity index is 608. The van der Waals surface area contributed by atoms with E-state index in [0.717, 1.165) is 16.8 Å². The third-order valence-electron chi connectivity index (χ3n) is 3.01. The summed E-state index contributed by atoms with van der Waals surface area (Å²) in [6.45, 7) is 1.93. The molecule has 1 amide bonds. The number of hydrogen-bond acceptors (Lipinski definition) is 1. The van der Waals surface area contributed by atoms with Crippen LogP contribution in [0.4, 0.5) is 5.69 Å². The van der Waals surface area contributed by atoms with Crippen LogP contribution in [0.15, 0.2) is 42.5 Å². The second kappa shape index (κ2) is 6.78. The maximum atomic E-state index is 11.9. The van der Waals surface area contributed by atoms with Crippen LogP contribution in [0.1, 0.15) is 17.5 Å². The van der Waals surface area contributed by atoms with Gasteiger partial charge in [-0.25, -0.2) is 0 Å². The molecule has 0 saturated heterocycles. The van der Waals surface area contributed by atoms with Crippen LogP contribution >= 0.6 is 23.2 Å². The van der Waals surface area contributed by atoms with Crippen LogP contribution in [0, 0.1) is 6.92 Å². The zero-order valence-electron chi connectivity index (χ0n) is 11.1. The topological polar surface area (TPSA) is 29.1 Å². The van der Waals surface area contributed by atoms with Gasteiger partial charge in [0.25, 0.3) is 0 Å². The Morgan fingerprint density at radius 3 is 2.45 bits per heavy atom. The van der Waals surface area contributed by atoms with Crippen LogP contribution in [0.25, 0.3) is 0 Å². The molecule has 0 fully saturated rings. The Balaban J connectivity index is 1.89. The van der Waals surface area contributed by atoms with E-state index < -0.39 is 0 Å². The summed E-state index contributed by atoms with van der Waals surface area (Å²) in [5.41, 5.74) is 2.80. The molecule has 1 N–H and O–H groups in total. The Labute approximate surface area is 128 Å². The Kier molecular flexibility index (Phi) is 5.05. The average molecular weight is 308 g/mol. The van der Waals surface area contributed by atoms with E-state index in [4.69, 9.17) is 23.2 Å². The Hall–Kier alpha value is -1.51. The highest BCUT2D eigenvalue weighted by atomic mass is 35.5. The second-order valence-electron chi connectivity index (χ2n) is 4.64. The van der Waals surface area contributed by atoms with Crippen molar-refractivity contribution < 1.29 is 4.79 Å². The van der Waals surface area contributed by atoms with Crippen molar-refractivity contribution in [3.8, 4) is 0 Å². The van der Waals surface area contributed by atoms with E-state index in [9.17, 15) is 4.79 Å². The number of hydrogen-bond donors (Lipinski definition) is 1. The smallest absolute Gasteiger partial charge is 0.224 e. The Morgan fingerprint density at radius 1 is 1.10 bits per heavy atom. The molecule has 0 atom stereocenters. The molecule has 2 nitrogen and oxygen atoms in total. The number of amides is 1. The number of rotatable bonds is 4. The van der Waals surface area contributed by atoms with Gasteiger partial charge in [0.2, 0.25) is 5.91 Å². The van der Waals surface area contributed by atoms with Crippen molar-refractivity contribution in [3.05, 3.63) is 63.6 Å². The maximum absolute atomic E-state index is 11.9. The third-order valence-corrected chi connectivity index (χ3v) is 3.67. The minimum atomic E-state index is -0.0279. The summed E-state index contributed by atoms with van der Waals surface area (Å²) in [4.78, 5) is 11.9. The predicted molar refractivity (Wildman–Crippen MR) is 84.6 cm³/mol. The summed E-state index contributed by atoms with van der Waals surface area (Å²) < 4.78 is 0. The molecule has 0 aliphatic carbocycles. The van der Waals surface area contributed by atoms with Gasteiger partial charge in [-0.05, 0) is 48.7 Å². The molecule has 2 aromatic carbocycles. The van der Waals surface area contributed by atoms with Crippen LogP contribution < -0.4 is 5.32 Å². The minimum Gasteiger partial charge on any atom is -0.326 e. The lowest BCUT2D eigenvalue weighted by Crippen LogP contribution is -2.12. The molecular weight excluding hydrogens is 293 g/mol. The first-order valence-electron chi connectivity index (χ1n) is 6.35. The molecule has 0 aliphatic rings. The van der Waals surface area contributed by atoms with Crippen LogP contribution in [-0.2, 0) is 11.2 Å². The van der Waals surface area contributed by atoms with Gasteiger partial charge in [0.1, 0.15) is 0 Å². The standard InChI is InChI=1S/C16H15Cl2NO/c1-11-2-8-14(10-15(11)18)19-16(20)9-5-12-3-6-13(17)7-4-12/h2-4,6-8,10H,5,9H2,1H3,(H,19,20). The highest BCUT2D eigenvalue weighted by molar-refractivity contribution is 6.31. The van der Waals surface area contributed by atoms with Crippen molar-refractivity contribution in [2.24, 2.45) is 0 Å². The number of benzene rings is 2. The minimum absolute atomic E-state index is 0.0279. The molecule has 0 aromatic heterocycles. The van der Waals surface area contributed by atoms with Crippen molar-refractivity contribution in [2.75, 3.05) is 5.32 Å². The maximum Gasteiger partial charge on any atom is 0.224 e. The molecular formula is C16H15Cl2NO. The molecule has 0 aliphatic heterocycles. The van der Waals surface area contributed by atoms with Crippen LogP contribution in [0.3, 0.4) is 0 Å². The molecule has 0 radical (unpaired) electrons. The number of carbonyl (C=O) groups excluding carboxylic acids is 1. The van der Waals surface area contributed by atoms with E-state index >= 15 is 0 Å². The Morgan fingerprint density at radius 2 is 1.80 bits per heavy atom. The van der Waals surface area contributed by atoms with E-state index in [1.807, 2.05) is 43.3 Å². The van der Waals surface area contributed by atoms with Crippen molar-refractivity contribution >= 4 is 34.8 Å². The fraction of sp³-hybridized carbons (Fsp3) is 0.188. The molecule has 4 heteroatoms. The van der Waals surface area contributed by atoms with Crippen LogP contribution in [0.5, 0.6) is 0 Å². The molecule has 0 unspecified atom stereocenters.